The number of allylic oxidation sites excluding steroid dienone is 2. The van der Waals surface area contributed by atoms with E-state index in [1.807, 2.05) is 30.3 Å². The van der Waals surface area contributed by atoms with Crippen LogP contribution in [-0.4, -0.2) is 12.4 Å². The first-order chi connectivity index (χ1) is 8.36. The van der Waals surface area contributed by atoms with E-state index >= 15 is 0 Å². The molecule has 0 fully saturated rings. The molecule has 0 unspecified atom stereocenters. The number of hydrogen-bond donors (Lipinski definition) is 1. The molecule has 0 aromatic heterocycles. The number of amidine groups is 1. The van der Waals surface area contributed by atoms with Gasteiger partial charge in [0.1, 0.15) is 5.84 Å². The molecule has 0 atom stereocenters. The second-order valence-corrected chi connectivity index (χ2v) is 3.91. The van der Waals surface area contributed by atoms with Crippen LogP contribution in [0.3, 0.4) is 0 Å². The second-order valence-electron chi connectivity index (χ2n) is 3.91. The maximum Gasteiger partial charge on any atom is 0.110 e. The van der Waals surface area contributed by atoms with Crippen molar-refractivity contribution in [1.82, 2.24) is 0 Å². The van der Waals surface area contributed by atoms with Crippen molar-refractivity contribution in [3.8, 4) is 0 Å². The van der Waals surface area contributed by atoms with Crippen molar-refractivity contribution in [3.63, 3.8) is 0 Å². The van der Waals surface area contributed by atoms with Gasteiger partial charge in [0.05, 0.1) is 0 Å². The molecule has 0 saturated heterocycles. The van der Waals surface area contributed by atoms with Crippen LogP contribution in [0.5, 0.6) is 0 Å². The molecule has 1 aromatic carbocycles. The maximum absolute atomic E-state index is 5.83. The normalized spacial score (nSPS) is 14.7. The van der Waals surface area contributed by atoms with Gasteiger partial charge in [0.15, 0.2) is 0 Å². The Labute approximate surface area is 133 Å². The van der Waals surface area contributed by atoms with Crippen LogP contribution in [0, 0.1) is 0 Å². The molecule has 18 heavy (non-hydrogen) atoms. The van der Waals surface area contributed by atoms with Crippen LogP contribution in [0.15, 0.2) is 59.2 Å². The molecule has 1 aromatic rings. The van der Waals surface area contributed by atoms with Crippen LogP contribution in [0.25, 0.3) is 5.43 Å². The monoisotopic (exact) mass is 315 g/mol. The third-order valence-electron chi connectivity index (χ3n) is 2.57. The van der Waals surface area contributed by atoms with E-state index in [-0.39, 0.29) is 32.7 Å². The fraction of sp³-hybridized carbons (Fsp3) is 0.214. The Morgan fingerprint density at radius 2 is 2.00 bits per heavy atom. The molecule has 2 rings (SSSR count). The minimum Gasteiger partial charge on any atom is -0.597 e. The largest absolute Gasteiger partial charge is 0.597 e. The number of nitrogens with zero attached hydrogens (tertiary/aromatic N) is 2. The SMILES string of the molecule is N/C(=N\[N-]CC1=CCCC=C1)c1ccccc1.[Y]. The standard InChI is InChI=1S/C14H16N3.Y/c15-14(13-9-5-2-6-10-13)17-16-11-12-7-3-1-4-8-12;/h2-3,5-10H,1,4,11H2,(H2,15,17);/q-1;. The predicted octanol–water partition coefficient (Wildman–Crippen LogP) is 2.95. The van der Waals surface area contributed by atoms with Gasteiger partial charge in [-0.2, -0.15) is 0 Å². The molecular formula is C14H16N3Y-. The summed E-state index contributed by atoms with van der Waals surface area (Å²) >= 11 is 0. The van der Waals surface area contributed by atoms with E-state index < -0.39 is 0 Å². The van der Waals surface area contributed by atoms with E-state index in [0.29, 0.717) is 12.4 Å². The van der Waals surface area contributed by atoms with Crippen molar-refractivity contribution >= 4 is 5.84 Å². The molecular weight excluding hydrogens is 299 g/mol. The van der Waals surface area contributed by atoms with Gasteiger partial charge in [-0.05, 0) is 12.8 Å². The van der Waals surface area contributed by atoms with Crippen LogP contribution >= 0.6 is 0 Å². The van der Waals surface area contributed by atoms with Crippen molar-refractivity contribution in [3.05, 3.63) is 65.1 Å². The summed E-state index contributed by atoms with van der Waals surface area (Å²) in [4.78, 5) is 0. The van der Waals surface area contributed by atoms with E-state index in [1.165, 1.54) is 5.57 Å². The van der Waals surface area contributed by atoms with Gasteiger partial charge in [0.2, 0.25) is 0 Å². The Balaban J connectivity index is 0.00000162. The van der Waals surface area contributed by atoms with Crippen LogP contribution in [-0.2, 0) is 32.7 Å². The molecule has 1 radical (unpaired) electrons. The molecule has 0 bridgehead atoms. The molecule has 2 N–H and O–H groups in total. The Morgan fingerprint density at radius 3 is 2.67 bits per heavy atom. The molecule has 1 aliphatic carbocycles. The van der Waals surface area contributed by atoms with Crippen LogP contribution in [0.2, 0.25) is 0 Å². The van der Waals surface area contributed by atoms with Gasteiger partial charge in [-0.15, -0.1) is 0 Å². The van der Waals surface area contributed by atoms with Gasteiger partial charge in [-0.25, -0.2) is 0 Å². The zero-order valence-electron chi connectivity index (χ0n) is 10.3. The Morgan fingerprint density at radius 1 is 1.22 bits per heavy atom. The molecule has 4 heteroatoms. The van der Waals surface area contributed by atoms with Crippen molar-refractivity contribution in [1.29, 1.82) is 0 Å². The minimum absolute atomic E-state index is 0. The maximum atomic E-state index is 5.83. The van der Waals surface area contributed by atoms with E-state index in [4.69, 9.17) is 5.73 Å². The van der Waals surface area contributed by atoms with Gasteiger partial charge >= 0.3 is 0 Å². The summed E-state index contributed by atoms with van der Waals surface area (Å²) in [6.45, 7) is 0.601. The van der Waals surface area contributed by atoms with Crippen molar-refractivity contribution in [2.24, 2.45) is 10.8 Å². The first-order valence-corrected chi connectivity index (χ1v) is 5.77. The quantitative estimate of drug-likeness (QED) is 0.518. The summed E-state index contributed by atoms with van der Waals surface area (Å²) in [5.41, 5.74) is 12.1. The molecule has 91 valence electrons. The summed E-state index contributed by atoms with van der Waals surface area (Å²) in [5, 5.41) is 4.03. The van der Waals surface area contributed by atoms with E-state index in [2.05, 4.69) is 28.8 Å². The van der Waals surface area contributed by atoms with Crippen molar-refractivity contribution in [2.75, 3.05) is 6.54 Å². The molecule has 0 aliphatic heterocycles. The van der Waals surface area contributed by atoms with E-state index in [1.54, 1.807) is 0 Å². The van der Waals surface area contributed by atoms with Crippen LogP contribution in [0.4, 0.5) is 0 Å². The third-order valence-corrected chi connectivity index (χ3v) is 2.57. The van der Waals surface area contributed by atoms with E-state index in [9.17, 15) is 0 Å². The zero-order chi connectivity index (χ0) is 11.9. The number of rotatable bonds is 4. The van der Waals surface area contributed by atoms with Gasteiger partial charge < -0.3 is 16.3 Å². The van der Waals surface area contributed by atoms with Gasteiger partial charge in [0, 0.05) is 38.3 Å². The molecule has 3 nitrogen and oxygen atoms in total. The fourth-order valence-electron chi connectivity index (χ4n) is 1.64. The number of benzene rings is 1. The summed E-state index contributed by atoms with van der Waals surface area (Å²) < 4.78 is 0. The molecule has 0 spiro atoms. The van der Waals surface area contributed by atoms with Crippen LogP contribution in [0.1, 0.15) is 18.4 Å². The molecule has 0 saturated carbocycles. The second kappa shape index (κ2) is 8.22. The third kappa shape index (κ3) is 4.75. The number of nitrogens with two attached hydrogens (primary N) is 1. The molecule has 1 aliphatic rings. The fourth-order valence-corrected chi connectivity index (χ4v) is 1.64. The first-order valence-electron chi connectivity index (χ1n) is 5.77. The summed E-state index contributed by atoms with van der Waals surface area (Å²) in [7, 11) is 0. The molecule has 0 heterocycles. The summed E-state index contributed by atoms with van der Waals surface area (Å²) in [5.74, 6) is 0.464. The van der Waals surface area contributed by atoms with Crippen LogP contribution < -0.4 is 5.73 Å². The average Bonchev–Trinajstić information content (AvgIpc) is 2.41. The first kappa shape index (κ1) is 15.1. The topological polar surface area (TPSA) is 52.5 Å². The summed E-state index contributed by atoms with van der Waals surface area (Å²) in [6.07, 6.45) is 8.67. The van der Waals surface area contributed by atoms with Gasteiger partial charge in [-0.1, -0.05) is 60.7 Å². The van der Waals surface area contributed by atoms with Gasteiger partial charge in [-0.3, -0.25) is 0 Å². The smallest absolute Gasteiger partial charge is 0.110 e. The number of hydrogen-bond acceptors (Lipinski definition) is 1. The van der Waals surface area contributed by atoms with Gasteiger partial charge in [0.25, 0.3) is 0 Å². The zero-order valence-corrected chi connectivity index (χ0v) is 13.1. The average molecular weight is 315 g/mol. The van der Waals surface area contributed by atoms with Crippen molar-refractivity contribution in [2.45, 2.75) is 12.8 Å². The minimum atomic E-state index is 0. The molecule has 0 amide bonds. The predicted molar refractivity (Wildman–Crippen MR) is 71.8 cm³/mol. The Bertz CT molecular complexity index is 449. The van der Waals surface area contributed by atoms with E-state index in [0.717, 1.165) is 18.4 Å². The van der Waals surface area contributed by atoms with Crippen molar-refractivity contribution < 1.29 is 32.7 Å². The Hall–Kier alpha value is -0.926. The summed E-state index contributed by atoms with van der Waals surface area (Å²) in [6, 6.07) is 9.67. The Kier molecular flexibility index (Phi) is 6.91.